The highest BCUT2D eigenvalue weighted by Crippen LogP contribution is 2.19. The molecule has 0 aliphatic rings. The van der Waals surface area contributed by atoms with Gasteiger partial charge in [-0.3, -0.25) is 4.79 Å². The quantitative estimate of drug-likeness (QED) is 0.736. The fourth-order valence-corrected chi connectivity index (χ4v) is 2.65. The van der Waals surface area contributed by atoms with Crippen LogP contribution in [-0.4, -0.2) is 22.2 Å². The molecule has 0 saturated carbocycles. The standard InChI is InChI=1S/C17H19N3O2/c1-12-10-14-6-3-4-7-16(14)20(12)9-5-8-18-17(21)15-11-13(2)22-19-15/h3-4,6-7,10-11H,5,8-9H2,1-2H3,(H,18,21). The number of para-hydroxylation sites is 1. The van der Waals surface area contributed by atoms with Gasteiger partial charge in [0.15, 0.2) is 5.69 Å². The molecular weight excluding hydrogens is 278 g/mol. The molecule has 0 radical (unpaired) electrons. The van der Waals surface area contributed by atoms with Crippen LogP contribution in [0.1, 0.15) is 28.4 Å². The van der Waals surface area contributed by atoms with E-state index in [0.29, 0.717) is 18.0 Å². The number of carbonyl (C=O) groups excluding carboxylic acids is 1. The first-order chi connectivity index (χ1) is 10.6. The SMILES string of the molecule is Cc1cc(C(=O)NCCCn2c(C)cc3ccccc32)no1. The van der Waals surface area contributed by atoms with Crippen LogP contribution in [-0.2, 0) is 6.54 Å². The van der Waals surface area contributed by atoms with Crippen molar-refractivity contribution in [3.05, 3.63) is 53.5 Å². The summed E-state index contributed by atoms with van der Waals surface area (Å²) in [5.41, 5.74) is 2.80. The Bertz CT molecular complexity index is 801. The van der Waals surface area contributed by atoms with Gasteiger partial charge >= 0.3 is 0 Å². The van der Waals surface area contributed by atoms with Gasteiger partial charge in [-0.05, 0) is 37.8 Å². The molecule has 1 aromatic carbocycles. The summed E-state index contributed by atoms with van der Waals surface area (Å²) in [5, 5.41) is 7.83. The second-order valence-corrected chi connectivity index (χ2v) is 5.43. The summed E-state index contributed by atoms with van der Waals surface area (Å²) in [6, 6.07) is 12.2. The van der Waals surface area contributed by atoms with Crippen LogP contribution in [0.3, 0.4) is 0 Å². The van der Waals surface area contributed by atoms with Gasteiger partial charge in [0.2, 0.25) is 0 Å². The third kappa shape index (κ3) is 2.88. The number of aromatic nitrogens is 2. The molecule has 3 rings (SSSR count). The highest BCUT2D eigenvalue weighted by molar-refractivity contribution is 5.92. The summed E-state index contributed by atoms with van der Waals surface area (Å²) >= 11 is 0. The van der Waals surface area contributed by atoms with Gasteiger partial charge in [-0.15, -0.1) is 0 Å². The van der Waals surface area contributed by atoms with Gasteiger partial charge in [-0.1, -0.05) is 23.4 Å². The average molecular weight is 297 g/mol. The Kier molecular flexibility index (Phi) is 3.96. The maximum absolute atomic E-state index is 11.9. The predicted molar refractivity (Wildman–Crippen MR) is 84.9 cm³/mol. The Morgan fingerprint density at radius 1 is 1.27 bits per heavy atom. The summed E-state index contributed by atoms with van der Waals surface area (Å²) in [7, 11) is 0. The van der Waals surface area contributed by atoms with Crippen molar-refractivity contribution in [3.8, 4) is 0 Å². The van der Waals surface area contributed by atoms with E-state index in [-0.39, 0.29) is 5.91 Å². The van der Waals surface area contributed by atoms with Crippen molar-refractivity contribution in [2.75, 3.05) is 6.54 Å². The van der Waals surface area contributed by atoms with Gasteiger partial charge in [0, 0.05) is 30.4 Å². The van der Waals surface area contributed by atoms with Crippen molar-refractivity contribution in [2.45, 2.75) is 26.8 Å². The number of benzene rings is 1. The number of nitrogens with one attached hydrogen (secondary N) is 1. The number of carbonyl (C=O) groups is 1. The first-order valence-electron chi connectivity index (χ1n) is 7.41. The van der Waals surface area contributed by atoms with Gasteiger partial charge in [-0.2, -0.15) is 0 Å². The van der Waals surface area contributed by atoms with Crippen molar-refractivity contribution < 1.29 is 9.32 Å². The molecule has 1 N–H and O–H groups in total. The van der Waals surface area contributed by atoms with Crippen LogP contribution in [0, 0.1) is 13.8 Å². The normalized spacial score (nSPS) is 11.0. The molecule has 1 amide bonds. The Hall–Kier alpha value is -2.56. The fourth-order valence-electron chi connectivity index (χ4n) is 2.65. The molecule has 0 aliphatic carbocycles. The van der Waals surface area contributed by atoms with E-state index in [1.807, 2.05) is 12.1 Å². The van der Waals surface area contributed by atoms with Gasteiger partial charge in [-0.25, -0.2) is 0 Å². The first kappa shape index (κ1) is 14.4. The Balaban J connectivity index is 1.56. The number of aryl methyl sites for hydroxylation is 3. The monoisotopic (exact) mass is 297 g/mol. The van der Waals surface area contributed by atoms with Crippen molar-refractivity contribution in [1.82, 2.24) is 15.0 Å². The molecule has 0 bridgehead atoms. The third-order valence-corrected chi connectivity index (χ3v) is 3.72. The van der Waals surface area contributed by atoms with E-state index < -0.39 is 0 Å². The van der Waals surface area contributed by atoms with Crippen LogP contribution in [0.5, 0.6) is 0 Å². The minimum Gasteiger partial charge on any atom is -0.361 e. The summed E-state index contributed by atoms with van der Waals surface area (Å²) in [5.74, 6) is 0.450. The average Bonchev–Trinajstić information content (AvgIpc) is 3.07. The van der Waals surface area contributed by atoms with Crippen LogP contribution in [0.4, 0.5) is 0 Å². The van der Waals surface area contributed by atoms with Crippen molar-refractivity contribution in [2.24, 2.45) is 0 Å². The van der Waals surface area contributed by atoms with E-state index in [0.717, 1.165) is 13.0 Å². The molecule has 0 spiro atoms. The van der Waals surface area contributed by atoms with Crippen molar-refractivity contribution in [3.63, 3.8) is 0 Å². The van der Waals surface area contributed by atoms with E-state index in [2.05, 4.69) is 40.2 Å². The highest BCUT2D eigenvalue weighted by Gasteiger charge is 2.10. The zero-order valence-electron chi connectivity index (χ0n) is 12.8. The minimum absolute atomic E-state index is 0.189. The Labute approximate surface area is 128 Å². The minimum atomic E-state index is -0.189. The molecule has 0 unspecified atom stereocenters. The Morgan fingerprint density at radius 2 is 2.09 bits per heavy atom. The molecule has 114 valence electrons. The van der Waals surface area contributed by atoms with Crippen LogP contribution >= 0.6 is 0 Å². The second kappa shape index (κ2) is 6.05. The molecule has 5 heteroatoms. The lowest BCUT2D eigenvalue weighted by Crippen LogP contribution is -2.25. The lowest BCUT2D eigenvalue weighted by molar-refractivity contribution is 0.0943. The zero-order valence-corrected chi connectivity index (χ0v) is 12.8. The molecule has 2 aromatic heterocycles. The highest BCUT2D eigenvalue weighted by atomic mass is 16.5. The molecule has 2 heterocycles. The van der Waals surface area contributed by atoms with E-state index in [1.54, 1.807) is 13.0 Å². The number of fused-ring (bicyclic) bond motifs is 1. The summed E-state index contributed by atoms with van der Waals surface area (Å²) < 4.78 is 7.18. The van der Waals surface area contributed by atoms with Gasteiger partial charge in [0.25, 0.3) is 5.91 Å². The molecule has 5 nitrogen and oxygen atoms in total. The zero-order chi connectivity index (χ0) is 15.5. The van der Waals surface area contributed by atoms with E-state index >= 15 is 0 Å². The van der Waals surface area contributed by atoms with Crippen LogP contribution in [0.2, 0.25) is 0 Å². The molecule has 3 aromatic rings. The molecular formula is C17H19N3O2. The van der Waals surface area contributed by atoms with Crippen molar-refractivity contribution >= 4 is 16.8 Å². The van der Waals surface area contributed by atoms with Crippen LogP contribution < -0.4 is 5.32 Å². The van der Waals surface area contributed by atoms with E-state index in [4.69, 9.17) is 4.52 Å². The largest absolute Gasteiger partial charge is 0.361 e. The fraction of sp³-hybridized carbons (Fsp3) is 0.294. The molecule has 22 heavy (non-hydrogen) atoms. The summed E-state index contributed by atoms with van der Waals surface area (Å²) in [6.45, 7) is 5.36. The van der Waals surface area contributed by atoms with E-state index in [1.165, 1.54) is 16.6 Å². The number of nitrogens with zero attached hydrogens (tertiary/aromatic N) is 2. The third-order valence-electron chi connectivity index (χ3n) is 3.72. The van der Waals surface area contributed by atoms with Gasteiger partial charge < -0.3 is 14.4 Å². The van der Waals surface area contributed by atoms with Crippen molar-refractivity contribution in [1.29, 1.82) is 0 Å². The maximum atomic E-state index is 11.9. The number of rotatable bonds is 5. The summed E-state index contributed by atoms with van der Waals surface area (Å²) in [4.78, 5) is 11.9. The van der Waals surface area contributed by atoms with Crippen LogP contribution in [0.15, 0.2) is 40.9 Å². The topological polar surface area (TPSA) is 60.1 Å². The first-order valence-corrected chi connectivity index (χ1v) is 7.41. The van der Waals surface area contributed by atoms with E-state index in [9.17, 15) is 4.79 Å². The Morgan fingerprint density at radius 3 is 2.86 bits per heavy atom. The molecule has 0 fully saturated rings. The second-order valence-electron chi connectivity index (χ2n) is 5.43. The lowest BCUT2D eigenvalue weighted by Gasteiger charge is -2.08. The number of hydrogen-bond donors (Lipinski definition) is 1. The number of hydrogen-bond acceptors (Lipinski definition) is 3. The maximum Gasteiger partial charge on any atom is 0.273 e. The van der Waals surface area contributed by atoms with Gasteiger partial charge in [0.05, 0.1) is 0 Å². The number of amides is 1. The lowest BCUT2D eigenvalue weighted by atomic mass is 10.2. The van der Waals surface area contributed by atoms with Crippen LogP contribution in [0.25, 0.3) is 10.9 Å². The molecule has 0 saturated heterocycles. The predicted octanol–water partition coefficient (Wildman–Crippen LogP) is 3.07. The summed E-state index contributed by atoms with van der Waals surface area (Å²) in [6.07, 6.45) is 0.863. The van der Waals surface area contributed by atoms with Gasteiger partial charge in [0.1, 0.15) is 5.76 Å². The molecule has 0 atom stereocenters. The molecule has 0 aliphatic heterocycles. The smallest absolute Gasteiger partial charge is 0.273 e.